The smallest absolute Gasteiger partial charge is 0.350 e. The summed E-state index contributed by atoms with van der Waals surface area (Å²) in [5.41, 5.74) is -1.50. The molecule has 43 heavy (non-hydrogen) atoms. The van der Waals surface area contributed by atoms with Gasteiger partial charge in [0.25, 0.3) is 0 Å². The molecule has 0 saturated carbocycles. The molecular formula is C29H29F2N7O4S. The topological polar surface area (TPSA) is 122 Å². The first kappa shape index (κ1) is 29.9. The van der Waals surface area contributed by atoms with Crippen molar-refractivity contribution in [3.8, 4) is 16.9 Å². The van der Waals surface area contributed by atoms with Crippen molar-refractivity contribution in [3.63, 3.8) is 0 Å². The zero-order valence-corrected chi connectivity index (χ0v) is 24.8. The number of anilines is 1. The van der Waals surface area contributed by atoms with Crippen molar-refractivity contribution in [1.82, 2.24) is 28.7 Å². The highest BCUT2D eigenvalue weighted by atomic mass is 32.2. The second-order valence-corrected chi connectivity index (χ2v) is 12.4. The lowest BCUT2D eigenvalue weighted by Crippen LogP contribution is -2.54. The SMILES string of the molecule is C=CC(=O)N1CCN(c2nc(=O)n(-c3c(S(=O)(=O)N(C)C)ccnc3C)c3nc(-c4ccccc4F)c(F)cc23)[C@@H](C)C1. The summed E-state index contributed by atoms with van der Waals surface area (Å²) in [6, 6.07) is 7.50. The zero-order valence-electron chi connectivity index (χ0n) is 24.0. The number of halogens is 2. The highest BCUT2D eigenvalue weighted by Crippen LogP contribution is 2.34. The van der Waals surface area contributed by atoms with Gasteiger partial charge in [0.15, 0.2) is 5.65 Å². The zero-order chi connectivity index (χ0) is 31.2. The van der Waals surface area contributed by atoms with Crippen molar-refractivity contribution >= 4 is 32.8 Å². The van der Waals surface area contributed by atoms with E-state index in [2.05, 4.69) is 21.5 Å². The number of fused-ring (bicyclic) bond motifs is 1. The number of aryl methyl sites for hydroxylation is 1. The van der Waals surface area contributed by atoms with Gasteiger partial charge in [-0.05, 0) is 44.2 Å². The van der Waals surface area contributed by atoms with Crippen molar-refractivity contribution in [3.05, 3.63) is 83.1 Å². The Morgan fingerprint density at radius 1 is 1.12 bits per heavy atom. The highest BCUT2D eigenvalue weighted by Gasteiger charge is 2.32. The van der Waals surface area contributed by atoms with Crippen LogP contribution in [0.25, 0.3) is 28.0 Å². The molecule has 1 amide bonds. The summed E-state index contributed by atoms with van der Waals surface area (Å²) >= 11 is 0. The van der Waals surface area contributed by atoms with Gasteiger partial charge in [0.05, 0.1) is 16.8 Å². The number of nitrogens with zero attached hydrogens (tertiary/aromatic N) is 7. The monoisotopic (exact) mass is 609 g/mol. The predicted octanol–water partition coefficient (Wildman–Crippen LogP) is 2.90. The predicted molar refractivity (Wildman–Crippen MR) is 157 cm³/mol. The van der Waals surface area contributed by atoms with Gasteiger partial charge in [-0.2, -0.15) is 4.98 Å². The summed E-state index contributed by atoms with van der Waals surface area (Å²) < 4.78 is 59.3. The highest BCUT2D eigenvalue weighted by molar-refractivity contribution is 7.89. The van der Waals surface area contributed by atoms with E-state index in [4.69, 9.17) is 0 Å². The number of carbonyl (C=O) groups is 1. The molecule has 0 bridgehead atoms. The number of aromatic nitrogens is 4. The van der Waals surface area contributed by atoms with Crippen LogP contribution in [0.5, 0.6) is 0 Å². The molecule has 1 aliphatic rings. The largest absolute Gasteiger partial charge is 0.355 e. The minimum Gasteiger partial charge on any atom is -0.350 e. The van der Waals surface area contributed by atoms with Gasteiger partial charge in [-0.25, -0.2) is 35.8 Å². The molecule has 4 heterocycles. The second kappa shape index (κ2) is 11.3. The van der Waals surface area contributed by atoms with E-state index < -0.39 is 27.3 Å². The molecule has 1 aliphatic heterocycles. The van der Waals surface area contributed by atoms with E-state index in [-0.39, 0.29) is 76.0 Å². The lowest BCUT2D eigenvalue weighted by atomic mass is 10.1. The van der Waals surface area contributed by atoms with Crippen molar-refractivity contribution in [1.29, 1.82) is 0 Å². The lowest BCUT2D eigenvalue weighted by Gasteiger charge is -2.40. The molecular weight excluding hydrogens is 580 g/mol. The first-order valence-corrected chi connectivity index (χ1v) is 14.8. The maximum atomic E-state index is 15.8. The summed E-state index contributed by atoms with van der Waals surface area (Å²) in [4.78, 5) is 42.3. The van der Waals surface area contributed by atoms with Crippen LogP contribution in [0.1, 0.15) is 12.6 Å². The van der Waals surface area contributed by atoms with Gasteiger partial charge in [-0.3, -0.25) is 9.78 Å². The fourth-order valence-corrected chi connectivity index (χ4v) is 6.29. The number of rotatable bonds is 6. The Morgan fingerprint density at radius 2 is 1.84 bits per heavy atom. The Balaban J connectivity index is 1.85. The van der Waals surface area contributed by atoms with Crippen LogP contribution in [-0.4, -0.2) is 82.8 Å². The Hall–Kier alpha value is -4.56. The molecule has 224 valence electrons. The van der Waals surface area contributed by atoms with Crippen molar-refractivity contribution in [2.24, 2.45) is 0 Å². The van der Waals surface area contributed by atoms with Gasteiger partial charge in [0, 0.05) is 51.5 Å². The van der Waals surface area contributed by atoms with Gasteiger partial charge in [-0.15, -0.1) is 0 Å². The van der Waals surface area contributed by atoms with E-state index in [1.165, 1.54) is 57.6 Å². The number of piperazine rings is 1. The molecule has 14 heteroatoms. The van der Waals surface area contributed by atoms with E-state index in [1.807, 2.05) is 6.92 Å². The molecule has 11 nitrogen and oxygen atoms in total. The number of pyridine rings is 2. The first-order chi connectivity index (χ1) is 20.4. The molecule has 0 spiro atoms. The second-order valence-electron chi connectivity index (χ2n) is 10.3. The minimum atomic E-state index is -4.11. The third-order valence-corrected chi connectivity index (χ3v) is 9.22. The molecule has 4 aromatic rings. The van der Waals surface area contributed by atoms with Crippen LogP contribution < -0.4 is 10.6 Å². The maximum Gasteiger partial charge on any atom is 0.355 e. The van der Waals surface area contributed by atoms with Gasteiger partial charge in [0.2, 0.25) is 15.9 Å². The number of hydrogen-bond donors (Lipinski definition) is 0. The Morgan fingerprint density at radius 3 is 2.49 bits per heavy atom. The number of sulfonamides is 1. The van der Waals surface area contributed by atoms with Gasteiger partial charge in [0.1, 0.15) is 28.0 Å². The average molecular weight is 610 g/mol. The molecule has 3 aromatic heterocycles. The first-order valence-electron chi connectivity index (χ1n) is 13.3. The summed E-state index contributed by atoms with van der Waals surface area (Å²) in [5.74, 6) is -1.76. The summed E-state index contributed by atoms with van der Waals surface area (Å²) in [6.07, 6.45) is 2.52. The number of carbonyl (C=O) groups excluding carboxylic acids is 1. The van der Waals surface area contributed by atoms with Crippen LogP contribution in [0.2, 0.25) is 0 Å². The van der Waals surface area contributed by atoms with Crippen LogP contribution in [0.15, 0.2) is 64.9 Å². The standard InChI is InChI=1S/C29H29F2N7O4S/c1-6-24(39)36-13-14-37(17(2)16-36)27-20-15-22(31)25(19-9-7-8-10-21(19)30)33-28(20)38(29(40)34-27)26-18(3)32-12-11-23(26)43(41,42)35(4)5/h6-12,15,17H,1,13-14,16H2,2-5H3/t17-/m0/s1. The number of benzene rings is 1. The van der Waals surface area contributed by atoms with Crippen LogP contribution in [0.3, 0.4) is 0 Å². The Bertz CT molecular complexity index is 1950. The Labute approximate surface area is 246 Å². The van der Waals surface area contributed by atoms with Gasteiger partial charge in [-0.1, -0.05) is 18.7 Å². The van der Waals surface area contributed by atoms with Crippen molar-refractivity contribution in [2.75, 3.05) is 38.6 Å². The van der Waals surface area contributed by atoms with Gasteiger partial charge < -0.3 is 9.80 Å². The van der Waals surface area contributed by atoms with E-state index >= 15 is 4.39 Å². The number of amides is 1. The minimum absolute atomic E-state index is 0.0870. The molecule has 0 N–H and O–H groups in total. The van der Waals surface area contributed by atoms with Crippen LogP contribution in [0.4, 0.5) is 14.6 Å². The van der Waals surface area contributed by atoms with E-state index in [0.29, 0.717) is 0 Å². The molecule has 5 rings (SSSR count). The molecule has 0 aliphatic carbocycles. The normalized spacial score (nSPS) is 15.7. The summed E-state index contributed by atoms with van der Waals surface area (Å²) in [5, 5.41) is 0.0870. The lowest BCUT2D eigenvalue weighted by molar-refractivity contribution is -0.126. The van der Waals surface area contributed by atoms with E-state index in [9.17, 15) is 22.4 Å². The molecule has 1 atom stereocenters. The van der Waals surface area contributed by atoms with Crippen LogP contribution in [-0.2, 0) is 14.8 Å². The fourth-order valence-electron chi connectivity index (χ4n) is 5.18. The Kier molecular flexibility index (Phi) is 7.84. The molecule has 0 radical (unpaired) electrons. The van der Waals surface area contributed by atoms with Gasteiger partial charge >= 0.3 is 5.69 Å². The quantitative estimate of drug-likeness (QED) is 0.306. The van der Waals surface area contributed by atoms with Crippen LogP contribution in [0, 0.1) is 18.6 Å². The fraction of sp³-hybridized carbons (Fsp3) is 0.276. The average Bonchev–Trinajstić information content (AvgIpc) is 2.97. The van der Waals surface area contributed by atoms with Crippen molar-refractivity contribution in [2.45, 2.75) is 24.8 Å². The third kappa shape index (κ3) is 5.16. The summed E-state index contributed by atoms with van der Waals surface area (Å²) in [6.45, 7) is 7.71. The molecule has 1 aromatic carbocycles. The van der Waals surface area contributed by atoms with E-state index in [0.717, 1.165) is 21.0 Å². The maximum absolute atomic E-state index is 15.8. The number of hydrogen-bond acceptors (Lipinski definition) is 8. The van der Waals surface area contributed by atoms with E-state index in [1.54, 1.807) is 9.80 Å². The summed E-state index contributed by atoms with van der Waals surface area (Å²) in [7, 11) is -1.42. The van der Waals surface area contributed by atoms with Crippen LogP contribution >= 0.6 is 0 Å². The van der Waals surface area contributed by atoms with Crippen molar-refractivity contribution < 1.29 is 22.0 Å². The molecule has 1 fully saturated rings. The third-order valence-electron chi connectivity index (χ3n) is 7.37. The molecule has 0 unspecified atom stereocenters. The molecule has 1 saturated heterocycles.